The number of nitrogens with zero attached hydrogens (tertiary/aromatic N) is 1. The van der Waals surface area contributed by atoms with Crippen LogP contribution in [0.25, 0.3) is 11.1 Å². The van der Waals surface area contributed by atoms with E-state index in [1.807, 2.05) is 25.1 Å². The van der Waals surface area contributed by atoms with Crippen LogP contribution in [-0.4, -0.2) is 0 Å². The molecule has 0 fully saturated rings. The number of nitriles is 1. The van der Waals surface area contributed by atoms with E-state index in [-0.39, 0.29) is 5.92 Å². The molecule has 0 amide bonds. The molecule has 1 unspecified atom stereocenters. The Hall–Kier alpha value is -1.49. The molecule has 1 aliphatic rings. The highest BCUT2D eigenvalue weighted by molar-refractivity contribution is 6.36. The highest BCUT2D eigenvalue weighted by atomic mass is 35.5. The predicted molar refractivity (Wildman–Crippen MR) is 78.7 cm³/mol. The third kappa shape index (κ3) is 1.92. The first-order valence-corrected chi connectivity index (χ1v) is 6.85. The average molecular weight is 288 g/mol. The smallest absolute Gasteiger partial charge is 0.0759 e. The van der Waals surface area contributed by atoms with E-state index in [1.165, 1.54) is 0 Å². The van der Waals surface area contributed by atoms with Gasteiger partial charge in [-0.15, -0.1) is 0 Å². The Morgan fingerprint density at radius 1 is 1.16 bits per heavy atom. The van der Waals surface area contributed by atoms with Gasteiger partial charge in [0.25, 0.3) is 0 Å². The second-order valence-electron chi connectivity index (χ2n) is 4.86. The molecule has 0 saturated carbocycles. The number of halogens is 2. The van der Waals surface area contributed by atoms with Crippen LogP contribution in [0.5, 0.6) is 0 Å². The largest absolute Gasteiger partial charge is 0.198 e. The molecule has 1 atom stereocenters. The molecule has 1 aliphatic carbocycles. The maximum atomic E-state index is 9.37. The third-order valence-corrected chi connectivity index (χ3v) is 4.29. The van der Waals surface area contributed by atoms with E-state index in [0.717, 1.165) is 27.8 Å². The van der Waals surface area contributed by atoms with Gasteiger partial charge in [-0.05, 0) is 42.2 Å². The van der Waals surface area contributed by atoms with Gasteiger partial charge >= 0.3 is 0 Å². The van der Waals surface area contributed by atoms with Gasteiger partial charge in [0.2, 0.25) is 0 Å². The van der Waals surface area contributed by atoms with Crippen LogP contribution in [0.2, 0.25) is 10.0 Å². The van der Waals surface area contributed by atoms with Crippen LogP contribution in [0.3, 0.4) is 0 Å². The molecule has 1 nitrogen and oxygen atoms in total. The van der Waals surface area contributed by atoms with Crippen LogP contribution in [0.15, 0.2) is 30.3 Å². The third-order valence-electron chi connectivity index (χ3n) is 3.62. The fraction of sp³-hybridized carbons (Fsp3) is 0.188. The molecule has 3 rings (SSSR count). The van der Waals surface area contributed by atoms with Crippen molar-refractivity contribution in [2.45, 2.75) is 19.3 Å². The lowest BCUT2D eigenvalue weighted by Crippen LogP contribution is -2.11. The summed E-state index contributed by atoms with van der Waals surface area (Å²) >= 11 is 12.6. The van der Waals surface area contributed by atoms with Gasteiger partial charge in [0.15, 0.2) is 0 Å². The molecule has 2 aromatic rings. The summed E-state index contributed by atoms with van der Waals surface area (Å²) in [7, 11) is 0. The maximum absolute atomic E-state index is 9.37. The summed E-state index contributed by atoms with van der Waals surface area (Å²) in [6.45, 7) is 2.04. The maximum Gasteiger partial charge on any atom is 0.0759 e. The monoisotopic (exact) mass is 287 g/mol. The van der Waals surface area contributed by atoms with Crippen molar-refractivity contribution in [3.8, 4) is 17.2 Å². The van der Waals surface area contributed by atoms with E-state index in [1.54, 1.807) is 6.07 Å². The van der Waals surface area contributed by atoms with Gasteiger partial charge in [0.05, 0.1) is 12.0 Å². The second kappa shape index (κ2) is 4.56. The first kappa shape index (κ1) is 12.5. The predicted octanol–water partition coefficient (Wildman–Crippen LogP) is 5.13. The van der Waals surface area contributed by atoms with Gasteiger partial charge in [-0.2, -0.15) is 5.26 Å². The molecule has 0 saturated heterocycles. The van der Waals surface area contributed by atoms with Gasteiger partial charge < -0.3 is 0 Å². The summed E-state index contributed by atoms with van der Waals surface area (Å²) in [6, 6.07) is 12.1. The molecule has 0 heterocycles. The summed E-state index contributed by atoms with van der Waals surface area (Å²) in [4.78, 5) is 0. The van der Waals surface area contributed by atoms with Crippen LogP contribution in [-0.2, 0) is 6.42 Å². The van der Waals surface area contributed by atoms with Crippen molar-refractivity contribution in [1.82, 2.24) is 0 Å². The van der Waals surface area contributed by atoms with Crippen LogP contribution < -0.4 is 0 Å². The summed E-state index contributed by atoms with van der Waals surface area (Å²) < 4.78 is 0. The van der Waals surface area contributed by atoms with Crippen molar-refractivity contribution in [1.29, 1.82) is 5.26 Å². The molecule has 0 spiro atoms. The normalized spacial score (nSPS) is 16.4. The van der Waals surface area contributed by atoms with Crippen LogP contribution in [0, 0.1) is 18.3 Å². The fourth-order valence-electron chi connectivity index (χ4n) is 2.70. The lowest BCUT2D eigenvalue weighted by molar-refractivity contribution is 0.835. The Labute approximate surface area is 122 Å². The molecule has 0 radical (unpaired) electrons. The van der Waals surface area contributed by atoms with E-state index in [2.05, 4.69) is 12.1 Å². The number of hydrogen-bond acceptors (Lipinski definition) is 1. The second-order valence-corrected chi connectivity index (χ2v) is 5.67. The zero-order valence-electron chi connectivity index (χ0n) is 10.4. The quantitative estimate of drug-likeness (QED) is 0.659. The van der Waals surface area contributed by atoms with Crippen molar-refractivity contribution in [2.75, 3.05) is 0 Å². The number of hydrogen-bond donors (Lipinski definition) is 0. The van der Waals surface area contributed by atoms with Gasteiger partial charge in [-0.3, -0.25) is 0 Å². The Morgan fingerprint density at radius 2 is 1.89 bits per heavy atom. The summed E-state index contributed by atoms with van der Waals surface area (Å²) in [5, 5.41) is 10.8. The van der Waals surface area contributed by atoms with Gasteiger partial charge in [-0.1, -0.05) is 47.0 Å². The minimum Gasteiger partial charge on any atom is -0.198 e. The summed E-state index contributed by atoms with van der Waals surface area (Å²) in [5.41, 5.74) is 5.21. The minimum atomic E-state index is -0.154. The molecule has 19 heavy (non-hydrogen) atoms. The highest BCUT2D eigenvalue weighted by Gasteiger charge is 2.27. The number of rotatable bonds is 0. The molecule has 3 heteroatoms. The van der Waals surface area contributed by atoms with Crippen molar-refractivity contribution in [3.63, 3.8) is 0 Å². The lowest BCUT2D eigenvalue weighted by Gasteiger charge is -2.25. The summed E-state index contributed by atoms with van der Waals surface area (Å²) in [6.07, 6.45) is 0.626. The Balaban J connectivity index is 2.38. The molecule has 0 aliphatic heterocycles. The van der Waals surface area contributed by atoms with Gasteiger partial charge in [0, 0.05) is 15.6 Å². The molecule has 0 aromatic heterocycles. The van der Waals surface area contributed by atoms with E-state index in [0.29, 0.717) is 16.5 Å². The first-order chi connectivity index (χ1) is 9.11. The Morgan fingerprint density at radius 3 is 2.63 bits per heavy atom. The van der Waals surface area contributed by atoms with Crippen molar-refractivity contribution >= 4 is 23.2 Å². The molecule has 0 N–H and O–H groups in total. The molecule has 94 valence electrons. The summed E-state index contributed by atoms with van der Waals surface area (Å²) in [5.74, 6) is -0.154. The van der Waals surface area contributed by atoms with E-state index in [9.17, 15) is 5.26 Å². The minimum absolute atomic E-state index is 0.154. The topological polar surface area (TPSA) is 23.8 Å². The number of fused-ring (bicyclic) bond motifs is 3. The number of aryl methyl sites for hydroxylation is 1. The SMILES string of the molecule is Cc1ccc2c(c1)-c1c(Cl)ccc(Cl)c1CC2C#N. The average Bonchev–Trinajstić information content (AvgIpc) is 2.41. The van der Waals surface area contributed by atoms with Crippen LogP contribution in [0.4, 0.5) is 0 Å². The van der Waals surface area contributed by atoms with E-state index in [4.69, 9.17) is 23.2 Å². The lowest BCUT2D eigenvalue weighted by atomic mass is 9.79. The van der Waals surface area contributed by atoms with Crippen molar-refractivity contribution in [3.05, 3.63) is 57.1 Å². The zero-order chi connectivity index (χ0) is 13.6. The van der Waals surface area contributed by atoms with Gasteiger partial charge in [-0.25, -0.2) is 0 Å². The van der Waals surface area contributed by atoms with Crippen molar-refractivity contribution < 1.29 is 0 Å². The van der Waals surface area contributed by atoms with Crippen LogP contribution >= 0.6 is 23.2 Å². The fourth-order valence-corrected chi connectivity index (χ4v) is 3.22. The highest BCUT2D eigenvalue weighted by Crippen LogP contribution is 2.45. The van der Waals surface area contributed by atoms with E-state index >= 15 is 0 Å². The first-order valence-electron chi connectivity index (χ1n) is 6.09. The van der Waals surface area contributed by atoms with Crippen molar-refractivity contribution in [2.24, 2.45) is 0 Å². The molecular weight excluding hydrogens is 277 g/mol. The van der Waals surface area contributed by atoms with E-state index < -0.39 is 0 Å². The van der Waals surface area contributed by atoms with Gasteiger partial charge in [0.1, 0.15) is 0 Å². The Kier molecular flexibility index (Phi) is 3.01. The standard InChI is InChI=1S/C16H11Cl2N/c1-9-2-3-11-10(8-19)7-13-14(17)4-5-15(18)16(13)12(11)6-9/h2-6,10H,7H2,1H3. The molecule has 0 bridgehead atoms. The Bertz CT molecular complexity index is 713. The van der Waals surface area contributed by atoms with Crippen LogP contribution in [0.1, 0.15) is 22.6 Å². The molecule has 2 aromatic carbocycles. The number of benzene rings is 2. The molecular formula is C16H11Cl2N. The zero-order valence-corrected chi connectivity index (χ0v) is 11.9.